The van der Waals surface area contributed by atoms with E-state index >= 15 is 0 Å². The summed E-state index contributed by atoms with van der Waals surface area (Å²) in [4.78, 5) is 25.2. The van der Waals surface area contributed by atoms with Crippen LogP contribution in [0, 0.1) is 0 Å². The quantitative estimate of drug-likeness (QED) is 0.463. The SMILES string of the molecule is O=C(NCCC[NH+]1CCOCC1)C(=O)Nc1ccc2c(c1)OCO2. The molecule has 1 fully saturated rings. The third-order valence-corrected chi connectivity index (χ3v) is 4.03. The van der Waals surface area contributed by atoms with Gasteiger partial charge in [0.05, 0.1) is 19.8 Å². The molecule has 1 saturated heterocycles. The minimum atomic E-state index is -0.687. The lowest BCUT2D eigenvalue weighted by atomic mass is 10.2. The van der Waals surface area contributed by atoms with Gasteiger partial charge < -0.3 is 29.7 Å². The highest BCUT2D eigenvalue weighted by Crippen LogP contribution is 2.34. The van der Waals surface area contributed by atoms with E-state index in [9.17, 15) is 9.59 Å². The van der Waals surface area contributed by atoms with E-state index in [2.05, 4.69) is 10.6 Å². The molecule has 0 radical (unpaired) electrons. The van der Waals surface area contributed by atoms with E-state index in [1.54, 1.807) is 18.2 Å². The number of amides is 2. The molecular weight excluding hydrogens is 314 g/mol. The van der Waals surface area contributed by atoms with Crippen LogP contribution in [0.2, 0.25) is 0 Å². The molecule has 2 aliphatic heterocycles. The summed E-state index contributed by atoms with van der Waals surface area (Å²) in [7, 11) is 0. The molecule has 2 amide bonds. The van der Waals surface area contributed by atoms with Gasteiger partial charge in [0.1, 0.15) is 13.1 Å². The fourth-order valence-electron chi connectivity index (χ4n) is 2.69. The van der Waals surface area contributed by atoms with Crippen LogP contribution in [0.3, 0.4) is 0 Å². The Hall–Kier alpha value is -2.32. The predicted molar refractivity (Wildman–Crippen MR) is 85.2 cm³/mol. The van der Waals surface area contributed by atoms with Gasteiger partial charge in [0.15, 0.2) is 11.5 Å². The van der Waals surface area contributed by atoms with Gasteiger partial charge in [0.2, 0.25) is 6.79 Å². The summed E-state index contributed by atoms with van der Waals surface area (Å²) in [5, 5.41) is 5.20. The highest BCUT2D eigenvalue weighted by atomic mass is 16.7. The normalized spacial score (nSPS) is 16.7. The first kappa shape index (κ1) is 16.5. The molecule has 0 atom stereocenters. The maximum absolute atomic E-state index is 11.9. The van der Waals surface area contributed by atoms with E-state index in [0.29, 0.717) is 23.7 Å². The number of morpholine rings is 1. The Balaban J connectivity index is 1.37. The third-order valence-electron chi connectivity index (χ3n) is 4.03. The largest absolute Gasteiger partial charge is 0.454 e. The van der Waals surface area contributed by atoms with Gasteiger partial charge >= 0.3 is 11.8 Å². The molecule has 0 unspecified atom stereocenters. The number of quaternary nitrogens is 1. The number of hydrogen-bond donors (Lipinski definition) is 3. The van der Waals surface area contributed by atoms with Gasteiger partial charge in [-0.15, -0.1) is 0 Å². The van der Waals surface area contributed by atoms with E-state index in [4.69, 9.17) is 14.2 Å². The van der Waals surface area contributed by atoms with Crippen LogP contribution >= 0.6 is 0 Å². The van der Waals surface area contributed by atoms with Crippen LogP contribution in [-0.4, -0.2) is 58.0 Å². The van der Waals surface area contributed by atoms with Crippen molar-refractivity contribution in [1.29, 1.82) is 0 Å². The Morgan fingerprint density at radius 3 is 2.71 bits per heavy atom. The zero-order valence-electron chi connectivity index (χ0n) is 13.4. The van der Waals surface area contributed by atoms with Gasteiger partial charge in [-0.25, -0.2) is 0 Å². The van der Waals surface area contributed by atoms with Crippen molar-refractivity contribution in [1.82, 2.24) is 5.32 Å². The molecule has 8 nitrogen and oxygen atoms in total. The highest BCUT2D eigenvalue weighted by molar-refractivity contribution is 6.39. The van der Waals surface area contributed by atoms with Crippen molar-refractivity contribution in [2.24, 2.45) is 0 Å². The lowest BCUT2D eigenvalue weighted by Crippen LogP contribution is -3.14. The summed E-state index contributed by atoms with van der Waals surface area (Å²) in [5.41, 5.74) is 0.497. The predicted octanol–water partition coefficient (Wildman–Crippen LogP) is -1.22. The van der Waals surface area contributed by atoms with Crippen LogP contribution in [0.15, 0.2) is 18.2 Å². The second-order valence-corrected chi connectivity index (χ2v) is 5.74. The first-order chi connectivity index (χ1) is 11.7. The van der Waals surface area contributed by atoms with Gasteiger partial charge in [0, 0.05) is 24.7 Å². The molecule has 0 spiro atoms. The topological polar surface area (TPSA) is 90.3 Å². The van der Waals surface area contributed by atoms with Crippen LogP contribution in [0.25, 0.3) is 0 Å². The van der Waals surface area contributed by atoms with Crippen molar-refractivity contribution in [3.05, 3.63) is 18.2 Å². The van der Waals surface area contributed by atoms with Crippen LogP contribution in [0.1, 0.15) is 6.42 Å². The molecular formula is C16H22N3O5+. The monoisotopic (exact) mass is 336 g/mol. The minimum Gasteiger partial charge on any atom is -0.454 e. The first-order valence-electron chi connectivity index (χ1n) is 8.12. The van der Waals surface area contributed by atoms with Crippen LogP contribution in [0.5, 0.6) is 11.5 Å². The number of benzene rings is 1. The lowest BCUT2D eigenvalue weighted by Gasteiger charge is -2.23. The fraction of sp³-hybridized carbons (Fsp3) is 0.500. The van der Waals surface area contributed by atoms with Crippen LogP contribution < -0.4 is 25.0 Å². The van der Waals surface area contributed by atoms with Crippen molar-refractivity contribution < 1.29 is 28.7 Å². The van der Waals surface area contributed by atoms with Crippen molar-refractivity contribution in [3.8, 4) is 11.5 Å². The van der Waals surface area contributed by atoms with Gasteiger partial charge in [-0.1, -0.05) is 0 Å². The smallest absolute Gasteiger partial charge is 0.313 e. The standard InChI is InChI=1S/C16H21N3O5/c20-15(17-4-1-5-19-6-8-22-9-7-19)16(21)18-12-2-3-13-14(10-12)24-11-23-13/h2-3,10H,1,4-9,11H2,(H,17,20)(H,18,21)/p+1. The van der Waals surface area contributed by atoms with Gasteiger partial charge in [0.25, 0.3) is 0 Å². The Morgan fingerprint density at radius 2 is 1.88 bits per heavy atom. The van der Waals surface area contributed by atoms with E-state index < -0.39 is 11.8 Å². The number of nitrogens with one attached hydrogen (secondary N) is 3. The number of rotatable bonds is 5. The summed E-state index contributed by atoms with van der Waals surface area (Å²) in [5.74, 6) is -0.137. The van der Waals surface area contributed by atoms with Crippen molar-refractivity contribution >= 4 is 17.5 Å². The average molecular weight is 336 g/mol. The molecule has 0 aromatic heterocycles. The maximum atomic E-state index is 11.9. The summed E-state index contributed by atoms with van der Waals surface area (Å²) in [6, 6.07) is 5.00. The molecule has 8 heteroatoms. The summed E-state index contributed by atoms with van der Waals surface area (Å²) in [6.07, 6.45) is 0.832. The van der Waals surface area contributed by atoms with Crippen molar-refractivity contribution in [2.45, 2.75) is 6.42 Å². The molecule has 1 aromatic carbocycles. The highest BCUT2D eigenvalue weighted by Gasteiger charge is 2.18. The number of hydrogen-bond acceptors (Lipinski definition) is 5. The van der Waals surface area contributed by atoms with Gasteiger partial charge in [-0.2, -0.15) is 0 Å². The van der Waals surface area contributed by atoms with E-state index in [1.165, 1.54) is 4.90 Å². The molecule has 3 rings (SSSR count). The lowest BCUT2D eigenvalue weighted by molar-refractivity contribution is -0.908. The number of carbonyl (C=O) groups is 2. The Labute approximate surface area is 140 Å². The first-order valence-corrected chi connectivity index (χ1v) is 8.12. The summed E-state index contributed by atoms with van der Waals surface area (Å²) in [6.45, 7) is 5.19. The Kier molecular flexibility index (Phi) is 5.50. The molecule has 130 valence electrons. The van der Waals surface area contributed by atoms with E-state index in [0.717, 1.165) is 39.3 Å². The second kappa shape index (κ2) is 7.98. The molecule has 0 saturated carbocycles. The Morgan fingerprint density at radius 1 is 1.08 bits per heavy atom. The van der Waals surface area contributed by atoms with E-state index in [-0.39, 0.29) is 6.79 Å². The zero-order chi connectivity index (χ0) is 16.8. The second-order valence-electron chi connectivity index (χ2n) is 5.74. The van der Waals surface area contributed by atoms with Crippen LogP contribution in [-0.2, 0) is 14.3 Å². The average Bonchev–Trinajstić information content (AvgIpc) is 3.07. The molecule has 0 bridgehead atoms. The number of ether oxygens (including phenoxy) is 3. The van der Waals surface area contributed by atoms with Crippen molar-refractivity contribution in [3.63, 3.8) is 0 Å². The Bertz CT molecular complexity index is 601. The number of carbonyl (C=O) groups excluding carboxylic acids is 2. The molecule has 1 aromatic rings. The van der Waals surface area contributed by atoms with Crippen LogP contribution in [0.4, 0.5) is 5.69 Å². The summed E-state index contributed by atoms with van der Waals surface area (Å²) >= 11 is 0. The zero-order valence-corrected chi connectivity index (χ0v) is 13.4. The van der Waals surface area contributed by atoms with Crippen molar-refractivity contribution in [2.75, 3.05) is 51.5 Å². The fourth-order valence-corrected chi connectivity index (χ4v) is 2.69. The number of anilines is 1. The molecule has 24 heavy (non-hydrogen) atoms. The van der Waals surface area contributed by atoms with Gasteiger partial charge in [-0.3, -0.25) is 9.59 Å². The van der Waals surface area contributed by atoms with Gasteiger partial charge in [-0.05, 0) is 12.1 Å². The molecule has 2 heterocycles. The molecule has 2 aliphatic rings. The minimum absolute atomic E-state index is 0.165. The molecule has 0 aliphatic carbocycles. The van der Waals surface area contributed by atoms with E-state index in [1.807, 2.05) is 0 Å². The number of fused-ring (bicyclic) bond motifs is 1. The maximum Gasteiger partial charge on any atom is 0.313 e. The molecule has 3 N–H and O–H groups in total. The third kappa shape index (κ3) is 4.36. The summed E-state index contributed by atoms with van der Waals surface area (Å²) < 4.78 is 15.7.